The van der Waals surface area contributed by atoms with Gasteiger partial charge in [0.25, 0.3) is 0 Å². The van der Waals surface area contributed by atoms with E-state index in [0.717, 1.165) is 59.7 Å². The van der Waals surface area contributed by atoms with E-state index < -0.39 is 0 Å². The highest BCUT2D eigenvalue weighted by Gasteiger charge is 2.27. The molecule has 1 saturated heterocycles. The van der Waals surface area contributed by atoms with Crippen molar-refractivity contribution in [1.29, 1.82) is 0 Å². The molecule has 3 heterocycles. The van der Waals surface area contributed by atoms with Crippen LogP contribution in [-0.2, 0) is 16.0 Å². The van der Waals surface area contributed by atoms with Gasteiger partial charge in [-0.25, -0.2) is 4.98 Å². The van der Waals surface area contributed by atoms with Crippen LogP contribution in [0, 0.1) is 6.92 Å². The quantitative estimate of drug-likeness (QED) is 0.535. The van der Waals surface area contributed by atoms with Crippen LogP contribution in [0.1, 0.15) is 36.8 Å². The average Bonchev–Trinajstić information content (AvgIpc) is 3.34. The van der Waals surface area contributed by atoms with Crippen molar-refractivity contribution in [2.24, 2.45) is 0 Å². The monoisotopic (exact) mass is 397 g/mol. The third kappa shape index (κ3) is 4.21. The number of hydrogen-bond acceptors (Lipinski definition) is 6. The van der Waals surface area contributed by atoms with Gasteiger partial charge in [-0.1, -0.05) is 6.07 Å². The molecule has 1 aliphatic heterocycles. The molecule has 0 radical (unpaired) electrons. The van der Waals surface area contributed by atoms with E-state index in [0.29, 0.717) is 6.61 Å². The molecule has 0 amide bonds. The van der Waals surface area contributed by atoms with E-state index in [2.05, 4.69) is 14.5 Å². The first-order valence-corrected chi connectivity index (χ1v) is 9.95. The van der Waals surface area contributed by atoms with Crippen LogP contribution in [-0.4, -0.2) is 41.7 Å². The van der Waals surface area contributed by atoms with Crippen LogP contribution in [0.15, 0.2) is 36.7 Å². The van der Waals surface area contributed by atoms with Crippen molar-refractivity contribution in [3.05, 3.63) is 48.0 Å². The Hall–Kier alpha value is -2.64. The molecular formula is C22H27N3O4. The summed E-state index contributed by atoms with van der Waals surface area (Å²) in [5, 5.41) is 0. The number of fused-ring (bicyclic) bond motifs is 1. The minimum Gasteiger partial charge on any atom is -0.493 e. The van der Waals surface area contributed by atoms with E-state index in [4.69, 9.17) is 18.9 Å². The SMILES string of the molecule is COc1ccc([C@H]2CC[C@@H](OCCCn3c(C)nc4cnccc43)O2)cc1OC. The van der Waals surface area contributed by atoms with Gasteiger partial charge in [0.15, 0.2) is 17.8 Å². The first-order valence-electron chi connectivity index (χ1n) is 9.95. The molecule has 1 aromatic carbocycles. The van der Waals surface area contributed by atoms with E-state index in [1.165, 1.54) is 0 Å². The summed E-state index contributed by atoms with van der Waals surface area (Å²) in [6.45, 7) is 3.53. The zero-order valence-electron chi connectivity index (χ0n) is 17.1. The predicted octanol–water partition coefficient (Wildman–Crippen LogP) is 4.04. The molecule has 0 aliphatic carbocycles. The van der Waals surface area contributed by atoms with Crippen molar-refractivity contribution < 1.29 is 18.9 Å². The molecule has 29 heavy (non-hydrogen) atoms. The van der Waals surface area contributed by atoms with Crippen molar-refractivity contribution in [2.75, 3.05) is 20.8 Å². The van der Waals surface area contributed by atoms with Crippen LogP contribution >= 0.6 is 0 Å². The Morgan fingerprint density at radius 1 is 1.14 bits per heavy atom. The molecule has 0 bridgehead atoms. The van der Waals surface area contributed by atoms with Gasteiger partial charge in [0, 0.05) is 19.2 Å². The molecule has 7 heteroatoms. The van der Waals surface area contributed by atoms with Gasteiger partial charge in [-0.15, -0.1) is 0 Å². The number of imidazole rings is 1. The highest BCUT2D eigenvalue weighted by atomic mass is 16.7. The average molecular weight is 397 g/mol. The number of nitrogens with zero attached hydrogens (tertiary/aromatic N) is 3. The summed E-state index contributed by atoms with van der Waals surface area (Å²) in [6.07, 6.45) is 6.17. The van der Waals surface area contributed by atoms with Crippen molar-refractivity contribution in [3.8, 4) is 11.5 Å². The van der Waals surface area contributed by atoms with Gasteiger partial charge >= 0.3 is 0 Å². The fourth-order valence-corrected chi connectivity index (χ4v) is 3.85. The number of rotatable bonds is 8. The van der Waals surface area contributed by atoms with Crippen LogP contribution in [0.3, 0.4) is 0 Å². The van der Waals surface area contributed by atoms with Gasteiger partial charge < -0.3 is 23.5 Å². The summed E-state index contributed by atoms with van der Waals surface area (Å²) in [5.74, 6) is 2.44. The minimum absolute atomic E-state index is 0.0205. The van der Waals surface area contributed by atoms with E-state index in [9.17, 15) is 0 Å². The lowest BCUT2D eigenvalue weighted by Gasteiger charge is -2.16. The van der Waals surface area contributed by atoms with Crippen molar-refractivity contribution in [2.45, 2.75) is 45.1 Å². The first kappa shape index (κ1) is 19.7. The van der Waals surface area contributed by atoms with Gasteiger partial charge in [-0.2, -0.15) is 0 Å². The Morgan fingerprint density at radius 2 is 2.00 bits per heavy atom. The lowest BCUT2D eigenvalue weighted by molar-refractivity contribution is -0.135. The fraction of sp³-hybridized carbons (Fsp3) is 0.455. The van der Waals surface area contributed by atoms with Gasteiger partial charge in [0.05, 0.1) is 38.6 Å². The fourth-order valence-electron chi connectivity index (χ4n) is 3.85. The largest absolute Gasteiger partial charge is 0.493 e. The highest BCUT2D eigenvalue weighted by Crippen LogP contribution is 2.37. The van der Waals surface area contributed by atoms with Gasteiger partial charge in [-0.3, -0.25) is 4.98 Å². The van der Waals surface area contributed by atoms with Crippen LogP contribution < -0.4 is 9.47 Å². The summed E-state index contributed by atoms with van der Waals surface area (Å²) in [7, 11) is 3.28. The Bertz CT molecular complexity index is 972. The first-order chi connectivity index (χ1) is 14.2. The molecule has 1 aliphatic rings. The maximum atomic E-state index is 6.11. The summed E-state index contributed by atoms with van der Waals surface area (Å²) >= 11 is 0. The van der Waals surface area contributed by atoms with E-state index in [1.54, 1.807) is 26.6 Å². The summed E-state index contributed by atoms with van der Waals surface area (Å²) in [4.78, 5) is 8.69. The minimum atomic E-state index is -0.169. The van der Waals surface area contributed by atoms with Crippen molar-refractivity contribution in [3.63, 3.8) is 0 Å². The molecule has 154 valence electrons. The maximum absolute atomic E-state index is 6.11. The number of ether oxygens (including phenoxy) is 4. The van der Waals surface area contributed by atoms with Crippen LogP contribution in [0.25, 0.3) is 11.0 Å². The molecule has 4 rings (SSSR count). The van der Waals surface area contributed by atoms with Crippen LogP contribution in [0.2, 0.25) is 0 Å². The van der Waals surface area contributed by atoms with E-state index >= 15 is 0 Å². The van der Waals surface area contributed by atoms with Gasteiger partial charge in [-0.05, 0) is 43.5 Å². The number of aryl methyl sites for hydroxylation is 2. The summed E-state index contributed by atoms with van der Waals surface area (Å²) in [5.41, 5.74) is 3.13. The lowest BCUT2D eigenvalue weighted by Crippen LogP contribution is -2.14. The third-order valence-corrected chi connectivity index (χ3v) is 5.33. The molecule has 0 saturated carbocycles. The van der Waals surface area contributed by atoms with E-state index in [1.807, 2.05) is 31.2 Å². The molecule has 0 N–H and O–H groups in total. The molecule has 1 fully saturated rings. The zero-order chi connectivity index (χ0) is 20.2. The molecule has 0 unspecified atom stereocenters. The smallest absolute Gasteiger partial charge is 0.161 e. The second-order valence-electron chi connectivity index (χ2n) is 7.15. The number of hydrogen-bond donors (Lipinski definition) is 0. The number of aromatic nitrogens is 3. The second kappa shape index (κ2) is 8.80. The van der Waals surface area contributed by atoms with Crippen molar-refractivity contribution in [1.82, 2.24) is 14.5 Å². The Labute approximate surface area is 170 Å². The molecule has 2 atom stereocenters. The molecular weight excluding hydrogens is 370 g/mol. The lowest BCUT2D eigenvalue weighted by atomic mass is 10.1. The molecule has 0 spiro atoms. The molecule has 3 aromatic rings. The maximum Gasteiger partial charge on any atom is 0.161 e. The predicted molar refractivity (Wildman–Crippen MR) is 109 cm³/mol. The molecule has 2 aromatic heterocycles. The standard InChI is InChI=1S/C22H27N3O4/c1-15-24-17-14-23-10-9-18(17)25(15)11-4-12-28-22-8-7-19(29-22)16-5-6-20(26-2)21(13-16)27-3/h5-6,9-10,13-14,19,22H,4,7-8,11-12H2,1-3H3/t19-,22+/m1/s1. The number of benzene rings is 1. The summed E-state index contributed by atoms with van der Waals surface area (Å²) in [6, 6.07) is 7.92. The van der Waals surface area contributed by atoms with Gasteiger partial charge in [0.1, 0.15) is 11.3 Å². The Kier molecular flexibility index (Phi) is 5.97. The van der Waals surface area contributed by atoms with Gasteiger partial charge in [0.2, 0.25) is 0 Å². The normalized spacial score (nSPS) is 19.0. The highest BCUT2D eigenvalue weighted by molar-refractivity contribution is 5.74. The topological polar surface area (TPSA) is 67.6 Å². The Morgan fingerprint density at radius 3 is 2.83 bits per heavy atom. The van der Waals surface area contributed by atoms with Crippen LogP contribution in [0.5, 0.6) is 11.5 Å². The second-order valence-corrected chi connectivity index (χ2v) is 7.15. The number of methoxy groups -OCH3 is 2. The van der Waals surface area contributed by atoms with Crippen molar-refractivity contribution >= 4 is 11.0 Å². The Balaban J connectivity index is 1.28. The van der Waals surface area contributed by atoms with E-state index in [-0.39, 0.29) is 12.4 Å². The zero-order valence-corrected chi connectivity index (χ0v) is 17.1. The molecule has 7 nitrogen and oxygen atoms in total. The van der Waals surface area contributed by atoms with Crippen LogP contribution in [0.4, 0.5) is 0 Å². The number of pyridine rings is 1. The third-order valence-electron chi connectivity index (χ3n) is 5.33. The summed E-state index contributed by atoms with van der Waals surface area (Å²) < 4.78 is 25.0.